The van der Waals surface area contributed by atoms with Gasteiger partial charge in [-0.25, -0.2) is 4.98 Å². The average molecular weight is 410 g/mol. The van der Waals surface area contributed by atoms with E-state index in [-0.39, 0.29) is 0 Å². The van der Waals surface area contributed by atoms with Gasteiger partial charge in [-0.05, 0) is 46.9 Å². The Morgan fingerprint density at radius 1 is 1.00 bits per heavy atom. The van der Waals surface area contributed by atoms with E-state index in [2.05, 4.69) is 34.7 Å². The number of aromatic nitrogens is 5. The molecule has 2 aromatic heterocycles. The molecule has 4 aromatic rings. The molecule has 142 valence electrons. The SMILES string of the molecule is S=c1n(C[NH+]2CCC(c3nc4ccccc4s3)CC2)nnn1-c1ccccc1. The zero-order valence-corrected chi connectivity index (χ0v) is 17.0. The fraction of sp³-hybridized carbons (Fsp3) is 0.300. The molecule has 0 radical (unpaired) electrons. The van der Waals surface area contributed by atoms with E-state index in [0.29, 0.717) is 10.7 Å². The Hall–Kier alpha value is -2.42. The van der Waals surface area contributed by atoms with Crippen LogP contribution < -0.4 is 4.90 Å². The van der Waals surface area contributed by atoms with Crippen molar-refractivity contribution < 1.29 is 4.90 Å². The Labute approximate surface area is 172 Å². The minimum Gasteiger partial charge on any atom is -0.316 e. The molecule has 5 rings (SSSR count). The van der Waals surface area contributed by atoms with E-state index in [0.717, 1.165) is 43.8 Å². The monoisotopic (exact) mass is 409 g/mol. The normalized spacial score (nSPS) is 19.9. The predicted molar refractivity (Wildman–Crippen MR) is 112 cm³/mol. The van der Waals surface area contributed by atoms with Crippen LogP contribution >= 0.6 is 23.6 Å². The highest BCUT2D eigenvalue weighted by atomic mass is 32.1. The van der Waals surface area contributed by atoms with E-state index in [9.17, 15) is 0 Å². The van der Waals surface area contributed by atoms with Crippen LogP contribution in [-0.2, 0) is 6.67 Å². The zero-order valence-electron chi connectivity index (χ0n) is 15.4. The van der Waals surface area contributed by atoms with Gasteiger partial charge in [-0.2, -0.15) is 9.36 Å². The van der Waals surface area contributed by atoms with Crippen molar-refractivity contribution in [3.8, 4) is 5.69 Å². The zero-order chi connectivity index (χ0) is 18.9. The Bertz CT molecular complexity index is 1110. The number of quaternary nitrogens is 1. The molecule has 28 heavy (non-hydrogen) atoms. The van der Waals surface area contributed by atoms with Crippen LogP contribution in [0.15, 0.2) is 54.6 Å². The van der Waals surface area contributed by atoms with Gasteiger partial charge in [0.05, 0.1) is 34.0 Å². The second kappa shape index (κ2) is 7.54. The van der Waals surface area contributed by atoms with Crippen LogP contribution in [0.1, 0.15) is 23.8 Å². The lowest BCUT2D eigenvalue weighted by molar-refractivity contribution is -0.928. The van der Waals surface area contributed by atoms with Crippen molar-refractivity contribution >= 4 is 33.8 Å². The van der Waals surface area contributed by atoms with E-state index in [4.69, 9.17) is 17.2 Å². The molecule has 1 aliphatic heterocycles. The summed E-state index contributed by atoms with van der Waals surface area (Å²) in [5.74, 6) is 0.564. The van der Waals surface area contributed by atoms with Gasteiger partial charge in [0.2, 0.25) is 4.77 Å². The molecule has 1 saturated heterocycles. The van der Waals surface area contributed by atoms with Gasteiger partial charge in [0, 0.05) is 18.8 Å². The molecular weight excluding hydrogens is 388 g/mol. The number of tetrazole rings is 1. The van der Waals surface area contributed by atoms with Crippen LogP contribution in [0.4, 0.5) is 0 Å². The first-order valence-electron chi connectivity index (χ1n) is 9.55. The highest BCUT2D eigenvalue weighted by Crippen LogP contribution is 2.31. The van der Waals surface area contributed by atoms with Crippen molar-refractivity contribution in [3.63, 3.8) is 0 Å². The summed E-state index contributed by atoms with van der Waals surface area (Å²) in [7, 11) is 0. The van der Waals surface area contributed by atoms with E-state index in [1.54, 1.807) is 4.68 Å². The third kappa shape index (κ3) is 3.39. The molecule has 2 aromatic carbocycles. The van der Waals surface area contributed by atoms with E-state index < -0.39 is 0 Å². The largest absolute Gasteiger partial charge is 0.316 e. The standard InChI is InChI=1S/C20H20N6S2/c27-20-25(22-23-26(20)16-6-2-1-3-7-16)14-24-12-10-15(11-13-24)19-21-17-8-4-5-9-18(17)28-19/h1-9,15H,10-14H2/p+1. The molecular formula is C20H21N6S2+. The summed E-state index contributed by atoms with van der Waals surface area (Å²) in [5.41, 5.74) is 2.07. The minimum absolute atomic E-state index is 0.564. The van der Waals surface area contributed by atoms with Crippen molar-refractivity contribution in [3.05, 3.63) is 64.4 Å². The maximum absolute atomic E-state index is 5.59. The van der Waals surface area contributed by atoms with Gasteiger partial charge < -0.3 is 4.90 Å². The molecule has 3 heterocycles. The van der Waals surface area contributed by atoms with Crippen LogP contribution in [0.5, 0.6) is 0 Å². The second-order valence-corrected chi connectivity index (χ2v) is 8.64. The van der Waals surface area contributed by atoms with Crippen molar-refractivity contribution in [2.75, 3.05) is 13.1 Å². The van der Waals surface area contributed by atoms with E-state index in [1.165, 1.54) is 14.6 Å². The lowest BCUT2D eigenvalue weighted by Gasteiger charge is -2.27. The summed E-state index contributed by atoms with van der Waals surface area (Å²) < 4.78 is 5.50. The summed E-state index contributed by atoms with van der Waals surface area (Å²) in [6.45, 7) is 2.96. The van der Waals surface area contributed by atoms with E-state index >= 15 is 0 Å². The van der Waals surface area contributed by atoms with Gasteiger partial charge in [-0.1, -0.05) is 30.3 Å². The van der Waals surface area contributed by atoms with Gasteiger partial charge in [-0.3, -0.25) is 0 Å². The van der Waals surface area contributed by atoms with E-state index in [1.807, 2.05) is 46.4 Å². The van der Waals surface area contributed by atoms with Crippen LogP contribution in [0.3, 0.4) is 0 Å². The van der Waals surface area contributed by atoms with Crippen molar-refractivity contribution in [2.24, 2.45) is 0 Å². The molecule has 0 spiro atoms. The van der Waals surface area contributed by atoms with Crippen LogP contribution in [0.25, 0.3) is 15.9 Å². The Balaban J connectivity index is 1.25. The fourth-order valence-electron chi connectivity index (χ4n) is 3.81. The number of rotatable bonds is 4. The van der Waals surface area contributed by atoms with Crippen molar-refractivity contribution in [2.45, 2.75) is 25.4 Å². The Morgan fingerprint density at radius 2 is 1.75 bits per heavy atom. The number of hydrogen-bond acceptors (Lipinski definition) is 5. The maximum Gasteiger partial charge on any atom is 0.225 e. The molecule has 0 amide bonds. The molecule has 0 aliphatic carbocycles. The number of nitrogens with one attached hydrogen (secondary N) is 1. The van der Waals surface area contributed by atoms with Crippen LogP contribution in [0.2, 0.25) is 0 Å². The van der Waals surface area contributed by atoms with Gasteiger partial charge in [-0.15, -0.1) is 11.3 Å². The second-order valence-electron chi connectivity index (χ2n) is 7.21. The topological polar surface area (TPSA) is 53.0 Å². The number of para-hydroxylation sites is 2. The molecule has 8 heteroatoms. The van der Waals surface area contributed by atoms with Gasteiger partial charge in [0.1, 0.15) is 0 Å². The Kier molecular flexibility index (Phi) is 4.76. The summed E-state index contributed by atoms with van der Waals surface area (Å²) in [4.78, 5) is 6.35. The smallest absolute Gasteiger partial charge is 0.225 e. The molecule has 1 N–H and O–H groups in total. The number of thiazole rings is 1. The molecule has 0 saturated carbocycles. The first kappa shape index (κ1) is 17.7. The summed E-state index contributed by atoms with van der Waals surface area (Å²) >= 11 is 7.44. The minimum atomic E-state index is 0.564. The summed E-state index contributed by atoms with van der Waals surface area (Å²) in [6, 6.07) is 18.3. The maximum atomic E-state index is 5.59. The highest BCUT2D eigenvalue weighted by Gasteiger charge is 2.26. The fourth-order valence-corrected chi connectivity index (χ4v) is 5.19. The molecule has 0 atom stereocenters. The molecule has 1 fully saturated rings. The molecule has 1 aliphatic rings. The van der Waals surface area contributed by atoms with Gasteiger partial charge >= 0.3 is 0 Å². The van der Waals surface area contributed by atoms with Gasteiger partial charge in [0.15, 0.2) is 6.67 Å². The van der Waals surface area contributed by atoms with Gasteiger partial charge in [0.25, 0.3) is 0 Å². The van der Waals surface area contributed by atoms with Crippen LogP contribution in [0, 0.1) is 4.77 Å². The van der Waals surface area contributed by atoms with Crippen LogP contribution in [-0.4, -0.2) is 37.9 Å². The number of piperidine rings is 1. The number of likely N-dealkylation sites (tertiary alicyclic amines) is 1. The third-order valence-corrected chi connectivity index (χ3v) is 6.95. The first-order valence-corrected chi connectivity index (χ1v) is 10.8. The Morgan fingerprint density at radius 3 is 2.54 bits per heavy atom. The first-order chi connectivity index (χ1) is 13.8. The summed E-state index contributed by atoms with van der Waals surface area (Å²) in [6.07, 6.45) is 2.30. The number of fused-ring (bicyclic) bond motifs is 1. The van der Waals surface area contributed by atoms with Crippen molar-refractivity contribution in [1.29, 1.82) is 0 Å². The lowest BCUT2D eigenvalue weighted by atomic mass is 9.98. The molecule has 6 nitrogen and oxygen atoms in total. The highest BCUT2D eigenvalue weighted by molar-refractivity contribution is 7.71. The quantitative estimate of drug-likeness (QED) is 0.527. The summed E-state index contributed by atoms with van der Waals surface area (Å²) in [5, 5.41) is 9.81. The third-order valence-electron chi connectivity index (χ3n) is 5.37. The molecule has 0 bridgehead atoms. The average Bonchev–Trinajstić information content (AvgIpc) is 3.33. The lowest BCUT2D eigenvalue weighted by Crippen LogP contribution is -3.12. The number of hydrogen-bond donors (Lipinski definition) is 1. The number of nitrogens with zero attached hydrogens (tertiary/aromatic N) is 5. The van der Waals surface area contributed by atoms with Crippen molar-refractivity contribution in [1.82, 2.24) is 24.8 Å². The number of benzene rings is 2. The molecule has 0 unspecified atom stereocenters. The predicted octanol–water partition coefficient (Wildman–Crippen LogP) is 2.83.